The van der Waals surface area contributed by atoms with Crippen LogP contribution in [-0.2, 0) is 11.2 Å². The van der Waals surface area contributed by atoms with E-state index >= 15 is 0 Å². The van der Waals surface area contributed by atoms with Gasteiger partial charge in [-0.05, 0) is 19.4 Å². The van der Waals surface area contributed by atoms with Crippen molar-refractivity contribution in [3.8, 4) is 0 Å². The largest absolute Gasteiger partial charge is 0.384 e. The van der Waals surface area contributed by atoms with Gasteiger partial charge in [-0.15, -0.1) is 0 Å². The first-order valence-electron chi connectivity index (χ1n) is 7.45. The second-order valence-electron chi connectivity index (χ2n) is 5.08. The molecule has 3 N–H and O–H groups in total. The van der Waals surface area contributed by atoms with Gasteiger partial charge in [-0.25, -0.2) is 9.97 Å². The van der Waals surface area contributed by atoms with Crippen LogP contribution in [0.3, 0.4) is 0 Å². The fourth-order valence-corrected chi connectivity index (χ4v) is 2.29. The van der Waals surface area contributed by atoms with E-state index < -0.39 is 0 Å². The Morgan fingerprint density at radius 1 is 1.35 bits per heavy atom. The highest BCUT2D eigenvalue weighted by Crippen LogP contribution is 2.09. The highest BCUT2D eigenvalue weighted by molar-refractivity contribution is 5.44. The SMILES string of the molecule is CCCc1nc(N)cc(NCCCN2CCOCC2)n1. The van der Waals surface area contributed by atoms with Crippen LogP contribution in [0, 0.1) is 0 Å². The van der Waals surface area contributed by atoms with Crippen LogP contribution in [0.25, 0.3) is 0 Å². The van der Waals surface area contributed by atoms with Crippen molar-refractivity contribution in [2.24, 2.45) is 0 Å². The molecule has 0 aliphatic carbocycles. The summed E-state index contributed by atoms with van der Waals surface area (Å²) in [5.74, 6) is 2.20. The van der Waals surface area contributed by atoms with Crippen LogP contribution >= 0.6 is 0 Å². The molecule has 20 heavy (non-hydrogen) atoms. The number of nitrogen functional groups attached to an aromatic ring is 1. The standard InChI is InChI=1S/C14H25N5O/c1-2-4-13-17-12(15)11-14(18-13)16-5-3-6-19-7-9-20-10-8-19/h11H,2-10H2,1H3,(H3,15,16,17,18). The van der Waals surface area contributed by atoms with E-state index in [1.54, 1.807) is 6.07 Å². The van der Waals surface area contributed by atoms with Crippen molar-refractivity contribution in [2.75, 3.05) is 50.4 Å². The van der Waals surface area contributed by atoms with Gasteiger partial charge in [-0.1, -0.05) is 6.92 Å². The van der Waals surface area contributed by atoms with Gasteiger partial charge < -0.3 is 15.8 Å². The van der Waals surface area contributed by atoms with Crippen molar-refractivity contribution in [1.29, 1.82) is 0 Å². The second kappa shape index (κ2) is 8.01. The number of aromatic nitrogens is 2. The van der Waals surface area contributed by atoms with Gasteiger partial charge in [0.2, 0.25) is 0 Å². The van der Waals surface area contributed by atoms with Crippen molar-refractivity contribution in [3.63, 3.8) is 0 Å². The predicted octanol–water partition coefficient (Wildman–Crippen LogP) is 1.15. The smallest absolute Gasteiger partial charge is 0.133 e. The summed E-state index contributed by atoms with van der Waals surface area (Å²) in [7, 11) is 0. The lowest BCUT2D eigenvalue weighted by atomic mass is 10.3. The Bertz CT molecular complexity index is 407. The fraction of sp³-hybridized carbons (Fsp3) is 0.714. The van der Waals surface area contributed by atoms with Gasteiger partial charge in [0.1, 0.15) is 17.5 Å². The average molecular weight is 279 g/mol. The van der Waals surface area contributed by atoms with Crippen LogP contribution in [0.2, 0.25) is 0 Å². The molecule has 0 aromatic carbocycles. The van der Waals surface area contributed by atoms with Crippen molar-refractivity contribution < 1.29 is 4.74 Å². The lowest BCUT2D eigenvalue weighted by molar-refractivity contribution is 0.0378. The third kappa shape index (κ3) is 4.94. The van der Waals surface area contributed by atoms with E-state index in [0.717, 1.165) is 70.3 Å². The van der Waals surface area contributed by atoms with Crippen LogP contribution in [-0.4, -0.2) is 54.3 Å². The molecule has 1 saturated heterocycles. The molecule has 1 aliphatic heterocycles. The van der Waals surface area contributed by atoms with Crippen molar-refractivity contribution in [3.05, 3.63) is 11.9 Å². The van der Waals surface area contributed by atoms with Crippen molar-refractivity contribution in [2.45, 2.75) is 26.2 Å². The predicted molar refractivity (Wildman–Crippen MR) is 80.8 cm³/mol. The molecule has 0 spiro atoms. The highest BCUT2D eigenvalue weighted by Gasteiger charge is 2.09. The van der Waals surface area contributed by atoms with Crippen LogP contribution in [0.15, 0.2) is 6.07 Å². The van der Waals surface area contributed by atoms with Gasteiger partial charge in [0, 0.05) is 32.1 Å². The minimum Gasteiger partial charge on any atom is -0.384 e. The van der Waals surface area contributed by atoms with Gasteiger partial charge in [0.05, 0.1) is 13.2 Å². The Kier molecular flexibility index (Phi) is 6.01. The van der Waals surface area contributed by atoms with Crippen molar-refractivity contribution in [1.82, 2.24) is 14.9 Å². The zero-order valence-electron chi connectivity index (χ0n) is 12.3. The molecule has 2 rings (SSSR count). The summed E-state index contributed by atoms with van der Waals surface area (Å²) in [6.07, 6.45) is 2.99. The number of morpholine rings is 1. The lowest BCUT2D eigenvalue weighted by Crippen LogP contribution is -2.37. The number of ether oxygens (including phenoxy) is 1. The van der Waals surface area contributed by atoms with Gasteiger partial charge >= 0.3 is 0 Å². The zero-order valence-corrected chi connectivity index (χ0v) is 12.3. The number of anilines is 2. The monoisotopic (exact) mass is 279 g/mol. The zero-order chi connectivity index (χ0) is 14.2. The molecule has 6 heteroatoms. The first-order valence-corrected chi connectivity index (χ1v) is 7.45. The minimum absolute atomic E-state index is 0.541. The Hall–Kier alpha value is -1.40. The van der Waals surface area contributed by atoms with E-state index in [9.17, 15) is 0 Å². The van der Waals surface area contributed by atoms with Gasteiger partial charge in [-0.3, -0.25) is 4.90 Å². The molecule has 1 fully saturated rings. The summed E-state index contributed by atoms with van der Waals surface area (Å²) >= 11 is 0. The molecule has 0 atom stereocenters. The maximum atomic E-state index is 5.80. The lowest BCUT2D eigenvalue weighted by Gasteiger charge is -2.26. The minimum atomic E-state index is 0.541. The van der Waals surface area contributed by atoms with E-state index in [0.29, 0.717) is 5.82 Å². The maximum absolute atomic E-state index is 5.80. The Labute approximate surface area is 120 Å². The van der Waals surface area contributed by atoms with E-state index in [-0.39, 0.29) is 0 Å². The topological polar surface area (TPSA) is 76.3 Å². The van der Waals surface area contributed by atoms with E-state index in [1.807, 2.05) is 0 Å². The summed E-state index contributed by atoms with van der Waals surface area (Å²) in [4.78, 5) is 11.1. The molecule has 0 saturated carbocycles. The van der Waals surface area contributed by atoms with Gasteiger partial charge in [-0.2, -0.15) is 0 Å². The van der Waals surface area contributed by atoms with E-state index in [4.69, 9.17) is 10.5 Å². The van der Waals surface area contributed by atoms with Crippen LogP contribution in [0.4, 0.5) is 11.6 Å². The number of aryl methyl sites for hydroxylation is 1. The first kappa shape index (κ1) is 15.0. The Morgan fingerprint density at radius 3 is 2.90 bits per heavy atom. The fourth-order valence-electron chi connectivity index (χ4n) is 2.29. The maximum Gasteiger partial charge on any atom is 0.133 e. The second-order valence-corrected chi connectivity index (χ2v) is 5.08. The number of nitrogens with one attached hydrogen (secondary N) is 1. The molecule has 112 valence electrons. The molecular formula is C14H25N5O. The number of nitrogens with two attached hydrogens (primary N) is 1. The Balaban J connectivity index is 1.72. The summed E-state index contributed by atoms with van der Waals surface area (Å²) in [5.41, 5.74) is 5.80. The summed E-state index contributed by atoms with van der Waals surface area (Å²) in [6, 6.07) is 1.80. The molecule has 1 aromatic rings. The van der Waals surface area contributed by atoms with Gasteiger partial charge in [0.15, 0.2) is 0 Å². The highest BCUT2D eigenvalue weighted by atomic mass is 16.5. The molecule has 6 nitrogen and oxygen atoms in total. The first-order chi connectivity index (χ1) is 9.78. The van der Waals surface area contributed by atoms with Crippen LogP contribution in [0.1, 0.15) is 25.6 Å². The number of rotatable bonds is 7. The average Bonchev–Trinajstić information content (AvgIpc) is 2.45. The van der Waals surface area contributed by atoms with Crippen LogP contribution < -0.4 is 11.1 Å². The molecule has 2 heterocycles. The number of hydrogen-bond donors (Lipinski definition) is 2. The molecular weight excluding hydrogens is 254 g/mol. The molecule has 0 unspecified atom stereocenters. The van der Waals surface area contributed by atoms with E-state index in [2.05, 4.69) is 27.1 Å². The normalized spacial score (nSPS) is 16.2. The molecule has 1 aromatic heterocycles. The Morgan fingerprint density at radius 2 is 2.15 bits per heavy atom. The molecule has 0 radical (unpaired) electrons. The van der Waals surface area contributed by atoms with Gasteiger partial charge in [0.25, 0.3) is 0 Å². The third-order valence-corrected chi connectivity index (χ3v) is 3.33. The quantitative estimate of drug-likeness (QED) is 0.729. The molecule has 1 aliphatic rings. The number of nitrogens with zero attached hydrogens (tertiary/aromatic N) is 3. The molecule has 0 amide bonds. The third-order valence-electron chi connectivity index (χ3n) is 3.33. The van der Waals surface area contributed by atoms with Crippen molar-refractivity contribution >= 4 is 11.6 Å². The summed E-state index contributed by atoms with van der Waals surface area (Å²) in [6.45, 7) is 7.91. The molecule has 0 bridgehead atoms. The number of hydrogen-bond acceptors (Lipinski definition) is 6. The summed E-state index contributed by atoms with van der Waals surface area (Å²) in [5, 5.41) is 3.33. The van der Waals surface area contributed by atoms with Crippen LogP contribution in [0.5, 0.6) is 0 Å². The summed E-state index contributed by atoms with van der Waals surface area (Å²) < 4.78 is 5.34. The van der Waals surface area contributed by atoms with E-state index in [1.165, 1.54) is 0 Å².